The maximum absolute atomic E-state index is 12.4. The Morgan fingerprint density at radius 2 is 1.05 bits per heavy atom. The van der Waals surface area contributed by atoms with Gasteiger partial charge < -0.3 is 24.6 Å². The van der Waals surface area contributed by atoms with Crippen molar-refractivity contribution in [3.05, 3.63) is 0 Å². The first-order chi connectivity index (χ1) is 19.7. The molecule has 244 valence electrons. The van der Waals surface area contributed by atoms with Crippen LogP contribution in [0.15, 0.2) is 0 Å². The molecule has 0 aliphatic rings. The molecule has 0 bridgehead atoms. The predicted molar refractivity (Wildman–Crippen MR) is 159 cm³/mol. The molecule has 41 heavy (non-hydrogen) atoms. The summed E-state index contributed by atoms with van der Waals surface area (Å²) in [5, 5.41) is 18.1. The smallest absolute Gasteiger partial charge is 0.462 e. The first-order valence-corrected chi connectivity index (χ1v) is 17.5. The molecule has 0 fully saturated rings. The molecule has 0 aromatic carbocycles. The zero-order valence-electron chi connectivity index (χ0n) is 25.8. The molecule has 0 rings (SSSR count). The fourth-order valence-electron chi connectivity index (χ4n) is 4.23. The molecule has 0 radical (unpaired) electrons. The van der Waals surface area contributed by atoms with Crippen molar-refractivity contribution in [2.24, 2.45) is 0 Å². The maximum atomic E-state index is 12.4. The van der Waals surface area contributed by atoms with E-state index in [2.05, 4.69) is 18.4 Å². The molecule has 0 spiro atoms. The number of phosphoric ester groups is 1. The molecule has 10 nitrogen and oxygen atoms in total. The van der Waals surface area contributed by atoms with Crippen LogP contribution in [0.1, 0.15) is 142 Å². The number of carbonyl (C=O) groups excluding carboxylic acids is 2. The quantitative estimate of drug-likeness (QED) is 0.0452. The highest BCUT2D eigenvalue weighted by molar-refractivity contribution is 7.47. The van der Waals surface area contributed by atoms with E-state index in [1.165, 1.54) is 64.2 Å². The fourth-order valence-corrected chi connectivity index (χ4v) is 5.02. The highest BCUT2D eigenvalue weighted by atomic mass is 31.2. The van der Waals surface area contributed by atoms with Gasteiger partial charge in [-0.1, -0.05) is 117 Å². The monoisotopic (exact) mass is 610 g/mol. The summed E-state index contributed by atoms with van der Waals surface area (Å²) in [6.45, 7) is 2.30. The second kappa shape index (κ2) is 27.8. The number of esters is 2. The van der Waals surface area contributed by atoms with Gasteiger partial charge in [-0.25, -0.2) is 4.57 Å². The Morgan fingerprint density at radius 1 is 0.634 bits per heavy atom. The SMILES string of the molecule is CCCCCCCCCCCC(=O)OCC(COP(=O)(O)OC[C@@H](O)CO)OC(=O)CCCCCCCCCCC. The van der Waals surface area contributed by atoms with Gasteiger partial charge in [0, 0.05) is 12.8 Å². The molecule has 0 aromatic rings. The van der Waals surface area contributed by atoms with Gasteiger partial charge in [0.2, 0.25) is 0 Å². The van der Waals surface area contributed by atoms with Crippen LogP contribution >= 0.6 is 7.82 Å². The van der Waals surface area contributed by atoms with Crippen molar-refractivity contribution < 1.29 is 47.8 Å². The lowest BCUT2D eigenvalue weighted by molar-refractivity contribution is -0.161. The van der Waals surface area contributed by atoms with Crippen LogP contribution in [0, 0.1) is 0 Å². The topological polar surface area (TPSA) is 149 Å². The molecule has 2 unspecified atom stereocenters. The van der Waals surface area contributed by atoms with E-state index in [1.807, 2.05) is 0 Å². The van der Waals surface area contributed by atoms with Crippen molar-refractivity contribution in [3.8, 4) is 0 Å². The Balaban J connectivity index is 4.46. The van der Waals surface area contributed by atoms with E-state index in [1.54, 1.807) is 0 Å². The highest BCUT2D eigenvalue weighted by Gasteiger charge is 2.27. The molecule has 3 N–H and O–H groups in total. The van der Waals surface area contributed by atoms with Gasteiger partial charge in [-0.3, -0.25) is 18.6 Å². The van der Waals surface area contributed by atoms with E-state index in [0.29, 0.717) is 12.8 Å². The van der Waals surface area contributed by atoms with Gasteiger partial charge in [0.05, 0.1) is 19.8 Å². The van der Waals surface area contributed by atoms with Crippen LogP contribution < -0.4 is 0 Å². The number of aliphatic hydroxyl groups is 2. The fraction of sp³-hybridized carbons (Fsp3) is 0.933. The van der Waals surface area contributed by atoms with Crippen molar-refractivity contribution in [3.63, 3.8) is 0 Å². The first-order valence-electron chi connectivity index (χ1n) is 16.0. The van der Waals surface area contributed by atoms with Crippen LogP contribution in [0.5, 0.6) is 0 Å². The van der Waals surface area contributed by atoms with Crippen molar-refractivity contribution in [1.82, 2.24) is 0 Å². The lowest BCUT2D eigenvalue weighted by Gasteiger charge is -2.20. The second-order valence-electron chi connectivity index (χ2n) is 10.8. The zero-order valence-corrected chi connectivity index (χ0v) is 26.7. The van der Waals surface area contributed by atoms with Gasteiger partial charge in [-0.05, 0) is 12.8 Å². The Kier molecular flexibility index (Phi) is 27.1. The lowest BCUT2D eigenvalue weighted by Crippen LogP contribution is -2.29. The number of rotatable bonds is 30. The van der Waals surface area contributed by atoms with E-state index < -0.39 is 51.8 Å². The summed E-state index contributed by atoms with van der Waals surface area (Å²) in [6.07, 6.45) is 18.1. The molecular weight excluding hydrogens is 551 g/mol. The summed E-state index contributed by atoms with van der Waals surface area (Å²) in [6, 6.07) is 0. The predicted octanol–water partition coefficient (Wildman–Crippen LogP) is 6.77. The molecule has 0 amide bonds. The van der Waals surface area contributed by atoms with E-state index in [4.69, 9.17) is 19.1 Å². The minimum absolute atomic E-state index is 0.189. The largest absolute Gasteiger partial charge is 0.472 e. The zero-order chi connectivity index (χ0) is 30.6. The molecule has 3 atom stereocenters. The van der Waals surface area contributed by atoms with Crippen molar-refractivity contribution in [2.45, 2.75) is 154 Å². The number of unbranched alkanes of at least 4 members (excludes halogenated alkanes) is 16. The van der Waals surface area contributed by atoms with Crippen LogP contribution in [-0.4, -0.2) is 65.7 Å². The molecule has 11 heteroatoms. The van der Waals surface area contributed by atoms with Gasteiger partial charge in [0.1, 0.15) is 12.7 Å². The van der Waals surface area contributed by atoms with Gasteiger partial charge in [0.25, 0.3) is 0 Å². The van der Waals surface area contributed by atoms with E-state index in [9.17, 15) is 24.2 Å². The van der Waals surface area contributed by atoms with Gasteiger partial charge in [-0.2, -0.15) is 0 Å². The molecule has 0 saturated heterocycles. The molecule has 0 aromatic heterocycles. The number of phosphoric acid groups is 1. The van der Waals surface area contributed by atoms with E-state index in [0.717, 1.165) is 38.5 Å². The van der Waals surface area contributed by atoms with Crippen molar-refractivity contribution in [2.75, 3.05) is 26.4 Å². The number of carbonyl (C=O) groups is 2. The van der Waals surface area contributed by atoms with Crippen LogP contribution in [0.3, 0.4) is 0 Å². The van der Waals surface area contributed by atoms with Crippen LogP contribution in [-0.2, 0) is 32.7 Å². The van der Waals surface area contributed by atoms with Crippen molar-refractivity contribution >= 4 is 19.8 Å². The van der Waals surface area contributed by atoms with Gasteiger partial charge >= 0.3 is 19.8 Å². The van der Waals surface area contributed by atoms with Crippen LogP contribution in [0.2, 0.25) is 0 Å². The molecule has 0 aliphatic carbocycles. The Labute approximate surface area is 248 Å². The summed E-state index contributed by atoms with van der Waals surface area (Å²) in [5.74, 6) is -0.927. The standard InChI is InChI=1S/C30H59O10P/c1-3-5-7-9-11-13-15-17-19-21-29(33)37-25-28(26-39-41(35,36)38-24-27(32)23-31)40-30(34)22-20-18-16-14-12-10-8-6-4-2/h27-28,31-32H,3-26H2,1-2H3,(H,35,36)/t27-,28?/m0/s1. The lowest BCUT2D eigenvalue weighted by atomic mass is 10.1. The number of hydrogen-bond donors (Lipinski definition) is 3. The normalized spacial score (nSPS) is 14.4. The van der Waals surface area contributed by atoms with Gasteiger partial charge in [-0.15, -0.1) is 0 Å². The van der Waals surface area contributed by atoms with Crippen molar-refractivity contribution in [1.29, 1.82) is 0 Å². The summed E-state index contributed by atoms with van der Waals surface area (Å²) in [4.78, 5) is 34.4. The average molecular weight is 611 g/mol. The Morgan fingerprint density at radius 3 is 1.51 bits per heavy atom. The maximum Gasteiger partial charge on any atom is 0.472 e. The average Bonchev–Trinajstić information content (AvgIpc) is 2.95. The summed E-state index contributed by atoms with van der Waals surface area (Å²) < 4.78 is 32.3. The molecule has 0 heterocycles. The Hall–Kier alpha value is -1.03. The van der Waals surface area contributed by atoms with E-state index in [-0.39, 0.29) is 19.4 Å². The minimum Gasteiger partial charge on any atom is -0.462 e. The number of ether oxygens (including phenoxy) is 2. The summed E-state index contributed by atoms with van der Waals surface area (Å²) in [7, 11) is -4.59. The van der Waals surface area contributed by atoms with Gasteiger partial charge in [0.15, 0.2) is 6.10 Å². The molecular formula is C30H59O10P. The van der Waals surface area contributed by atoms with Crippen LogP contribution in [0.4, 0.5) is 0 Å². The first kappa shape index (κ1) is 40.0. The third-order valence-corrected chi connectivity index (χ3v) is 7.71. The van der Waals surface area contributed by atoms with E-state index >= 15 is 0 Å². The summed E-state index contributed by atoms with van der Waals surface area (Å²) in [5.41, 5.74) is 0. The molecule has 0 aliphatic heterocycles. The molecule has 0 saturated carbocycles. The number of hydrogen-bond acceptors (Lipinski definition) is 9. The minimum atomic E-state index is -4.59. The second-order valence-corrected chi connectivity index (χ2v) is 12.3. The number of aliphatic hydroxyl groups excluding tert-OH is 2. The third-order valence-electron chi connectivity index (χ3n) is 6.76. The third kappa shape index (κ3) is 27.5. The summed E-state index contributed by atoms with van der Waals surface area (Å²) >= 11 is 0. The highest BCUT2D eigenvalue weighted by Crippen LogP contribution is 2.43. The Bertz CT molecular complexity index is 676. The van der Waals surface area contributed by atoms with Crippen LogP contribution in [0.25, 0.3) is 0 Å².